The van der Waals surface area contributed by atoms with E-state index in [1.807, 2.05) is 0 Å². The van der Waals surface area contributed by atoms with Crippen LogP contribution < -0.4 is 0 Å². The molecule has 5 heteroatoms. The molecule has 0 aliphatic carbocycles. The molecule has 0 radical (unpaired) electrons. The van der Waals surface area contributed by atoms with Gasteiger partial charge in [0.2, 0.25) is 5.78 Å². The zero-order chi connectivity index (χ0) is 10.7. The first-order valence-electron chi connectivity index (χ1n) is 4.08. The Morgan fingerprint density at radius 3 is 2.50 bits per heavy atom. The third-order valence-corrected chi connectivity index (χ3v) is 1.69. The SMILES string of the molecule is COC(=O)CC(=O)c1oc(C)nc1C. The Labute approximate surface area is 81.1 Å². The quantitative estimate of drug-likeness (QED) is 0.411. The van der Waals surface area contributed by atoms with Crippen LogP contribution in [0.15, 0.2) is 4.42 Å². The van der Waals surface area contributed by atoms with E-state index in [0.717, 1.165) is 0 Å². The second kappa shape index (κ2) is 4.04. The Kier molecular flexibility index (Phi) is 3.01. The molecule has 0 N–H and O–H groups in total. The van der Waals surface area contributed by atoms with E-state index in [-0.39, 0.29) is 12.2 Å². The summed E-state index contributed by atoms with van der Waals surface area (Å²) in [7, 11) is 1.23. The summed E-state index contributed by atoms with van der Waals surface area (Å²) >= 11 is 0. The molecular weight excluding hydrogens is 186 g/mol. The molecule has 5 nitrogen and oxygen atoms in total. The summed E-state index contributed by atoms with van der Waals surface area (Å²) in [5.74, 6) is -0.443. The Morgan fingerprint density at radius 2 is 2.07 bits per heavy atom. The molecule has 0 aromatic carbocycles. The van der Waals surface area contributed by atoms with Gasteiger partial charge in [-0.05, 0) is 6.92 Å². The number of methoxy groups -OCH3 is 1. The molecule has 0 saturated heterocycles. The molecule has 0 unspecified atom stereocenters. The number of oxazole rings is 1. The molecular formula is C9H11NO4. The van der Waals surface area contributed by atoms with Crippen LogP contribution in [-0.2, 0) is 9.53 Å². The van der Waals surface area contributed by atoms with Gasteiger partial charge in [0, 0.05) is 6.92 Å². The maximum atomic E-state index is 11.4. The summed E-state index contributed by atoms with van der Waals surface area (Å²) in [6.45, 7) is 3.29. The fraction of sp³-hybridized carbons (Fsp3) is 0.444. The van der Waals surface area contributed by atoms with E-state index in [2.05, 4.69) is 9.72 Å². The van der Waals surface area contributed by atoms with Gasteiger partial charge in [0.15, 0.2) is 11.7 Å². The highest BCUT2D eigenvalue weighted by atomic mass is 16.5. The predicted octanol–water partition coefficient (Wildman–Crippen LogP) is 1.04. The summed E-state index contributed by atoms with van der Waals surface area (Å²) < 4.78 is 9.42. The standard InChI is InChI=1S/C9H11NO4/c1-5-9(14-6(2)10-5)7(11)4-8(12)13-3/h4H2,1-3H3. The molecule has 1 heterocycles. The maximum Gasteiger partial charge on any atom is 0.313 e. The molecule has 1 aromatic heterocycles. The van der Waals surface area contributed by atoms with Crippen molar-refractivity contribution in [3.05, 3.63) is 17.3 Å². The highest BCUT2D eigenvalue weighted by molar-refractivity contribution is 6.04. The molecule has 0 amide bonds. The Balaban J connectivity index is 2.79. The zero-order valence-corrected chi connectivity index (χ0v) is 8.29. The van der Waals surface area contributed by atoms with E-state index < -0.39 is 11.8 Å². The number of nitrogens with zero attached hydrogens (tertiary/aromatic N) is 1. The lowest BCUT2D eigenvalue weighted by atomic mass is 10.2. The van der Waals surface area contributed by atoms with Gasteiger partial charge in [0.25, 0.3) is 0 Å². The number of carbonyl (C=O) groups excluding carboxylic acids is 2. The van der Waals surface area contributed by atoms with E-state index in [1.165, 1.54) is 7.11 Å². The normalized spacial score (nSPS) is 9.93. The second-order valence-corrected chi connectivity index (χ2v) is 2.82. The van der Waals surface area contributed by atoms with Crippen LogP contribution in [0.3, 0.4) is 0 Å². The molecule has 0 saturated carbocycles. The van der Waals surface area contributed by atoms with Crippen molar-refractivity contribution < 1.29 is 18.7 Å². The van der Waals surface area contributed by atoms with Crippen LogP contribution in [0.1, 0.15) is 28.6 Å². The summed E-state index contributed by atoms with van der Waals surface area (Å²) in [4.78, 5) is 26.1. The lowest BCUT2D eigenvalue weighted by molar-refractivity contribution is -0.139. The lowest BCUT2D eigenvalue weighted by Crippen LogP contribution is -2.09. The first-order valence-corrected chi connectivity index (χ1v) is 4.08. The summed E-state index contributed by atoms with van der Waals surface area (Å²) in [6.07, 6.45) is -0.314. The molecule has 0 atom stereocenters. The number of esters is 1. The average Bonchev–Trinajstić information content (AvgIpc) is 2.45. The van der Waals surface area contributed by atoms with Crippen molar-refractivity contribution in [2.24, 2.45) is 0 Å². The predicted molar refractivity (Wildman–Crippen MR) is 46.9 cm³/mol. The van der Waals surface area contributed by atoms with Crippen LogP contribution in [-0.4, -0.2) is 23.8 Å². The number of hydrogen-bond donors (Lipinski definition) is 0. The van der Waals surface area contributed by atoms with Crippen molar-refractivity contribution in [1.82, 2.24) is 4.98 Å². The minimum absolute atomic E-state index is 0.132. The number of aromatic nitrogens is 1. The van der Waals surface area contributed by atoms with Gasteiger partial charge in [-0.3, -0.25) is 9.59 Å². The van der Waals surface area contributed by atoms with E-state index in [0.29, 0.717) is 11.6 Å². The van der Waals surface area contributed by atoms with Gasteiger partial charge >= 0.3 is 5.97 Å². The highest BCUT2D eigenvalue weighted by Crippen LogP contribution is 2.11. The first kappa shape index (κ1) is 10.4. The van der Waals surface area contributed by atoms with Crippen molar-refractivity contribution in [1.29, 1.82) is 0 Å². The van der Waals surface area contributed by atoms with Gasteiger partial charge in [0.1, 0.15) is 6.42 Å². The molecule has 76 valence electrons. The average molecular weight is 197 g/mol. The monoisotopic (exact) mass is 197 g/mol. The number of Topliss-reactive ketones (excluding diaryl/α,β-unsaturated/α-hetero) is 1. The molecule has 0 bridgehead atoms. The van der Waals surface area contributed by atoms with Gasteiger partial charge in [-0.1, -0.05) is 0 Å². The van der Waals surface area contributed by atoms with Crippen molar-refractivity contribution in [3.63, 3.8) is 0 Å². The Morgan fingerprint density at radius 1 is 1.43 bits per heavy atom. The van der Waals surface area contributed by atoms with Crippen molar-refractivity contribution in [3.8, 4) is 0 Å². The summed E-state index contributed by atoms with van der Waals surface area (Å²) in [5, 5.41) is 0. The van der Waals surface area contributed by atoms with Crippen LogP contribution in [0.25, 0.3) is 0 Å². The van der Waals surface area contributed by atoms with Gasteiger partial charge in [-0.15, -0.1) is 0 Å². The number of aryl methyl sites for hydroxylation is 2. The molecule has 0 aliphatic rings. The van der Waals surface area contributed by atoms with Crippen molar-refractivity contribution >= 4 is 11.8 Å². The van der Waals surface area contributed by atoms with Gasteiger partial charge in [-0.25, -0.2) is 4.98 Å². The molecule has 1 aromatic rings. The third kappa shape index (κ3) is 2.18. The Bertz CT molecular complexity index is 367. The van der Waals surface area contributed by atoms with Gasteiger partial charge in [-0.2, -0.15) is 0 Å². The van der Waals surface area contributed by atoms with E-state index in [1.54, 1.807) is 13.8 Å². The van der Waals surface area contributed by atoms with E-state index >= 15 is 0 Å². The first-order chi connectivity index (χ1) is 6.54. The maximum absolute atomic E-state index is 11.4. The van der Waals surface area contributed by atoms with Crippen molar-refractivity contribution in [2.75, 3.05) is 7.11 Å². The smallest absolute Gasteiger partial charge is 0.313 e. The Hall–Kier alpha value is -1.65. The second-order valence-electron chi connectivity index (χ2n) is 2.82. The summed E-state index contributed by atoms with van der Waals surface area (Å²) in [6, 6.07) is 0. The summed E-state index contributed by atoms with van der Waals surface area (Å²) in [5.41, 5.74) is 0.497. The minimum atomic E-state index is -0.580. The van der Waals surface area contributed by atoms with Crippen LogP contribution in [0, 0.1) is 13.8 Å². The molecule has 14 heavy (non-hydrogen) atoms. The molecule has 1 rings (SSSR count). The number of hydrogen-bond acceptors (Lipinski definition) is 5. The number of ketones is 1. The van der Waals surface area contributed by atoms with Crippen LogP contribution in [0.5, 0.6) is 0 Å². The fourth-order valence-corrected chi connectivity index (χ4v) is 1.07. The largest absolute Gasteiger partial charge is 0.469 e. The number of carbonyl (C=O) groups is 2. The van der Waals surface area contributed by atoms with E-state index in [9.17, 15) is 9.59 Å². The van der Waals surface area contributed by atoms with Gasteiger partial charge in [0.05, 0.1) is 12.8 Å². The van der Waals surface area contributed by atoms with Gasteiger partial charge < -0.3 is 9.15 Å². The van der Waals surface area contributed by atoms with Crippen LogP contribution >= 0.6 is 0 Å². The fourth-order valence-electron chi connectivity index (χ4n) is 1.07. The van der Waals surface area contributed by atoms with Crippen molar-refractivity contribution in [2.45, 2.75) is 20.3 Å². The van der Waals surface area contributed by atoms with E-state index in [4.69, 9.17) is 4.42 Å². The number of rotatable bonds is 3. The minimum Gasteiger partial charge on any atom is -0.469 e. The lowest BCUT2D eigenvalue weighted by Gasteiger charge is -1.96. The molecule has 0 aliphatic heterocycles. The number of ether oxygens (including phenoxy) is 1. The topological polar surface area (TPSA) is 69.4 Å². The van der Waals surface area contributed by atoms with Crippen LogP contribution in [0.4, 0.5) is 0 Å². The molecule has 0 fully saturated rings. The zero-order valence-electron chi connectivity index (χ0n) is 8.29. The third-order valence-electron chi connectivity index (χ3n) is 1.69. The molecule has 0 spiro atoms. The highest BCUT2D eigenvalue weighted by Gasteiger charge is 2.19. The van der Waals surface area contributed by atoms with Crippen LogP contribution in [0.2, 0.25) is 0 Å².